The Morgan fingerprint density at radius 1 is 1.37 bits per heavy atom. The fraction of sp³-hybridized carbons (Fsp3) is 0.154. The number of carbonyl (C=O) groups is 1. The van der Waals surface area contributed by atoms with E-state index in [1.165, 1.54) is 0 Å². The molecule has 1 aromatic heterocycles. The molecule has 0 bridgehead atoms. The predicted octanol–water partition coefficient (Wildman–Crippen LogP) is 3.71. The maximum Gasteiger partial charge on any atom is 0.248 e. The van der Waals surface area contributed by atoms with Gasteiger partial charge in [-0.3, -0.25) is 4.79 Å². The molecular weight excluding hydrogens is 348 g/mol. The number of nitrogens with two attached hydrogens (primary N) is 1. The number of benzene rings is 1. The third-order valence-corrected chi connectivity index (χ3v) is 4.93. The lowest BCUT2D eigenvalue weighted by Crippen LogP contribution is -2.30. The van der Waals surface area contributed by atoms with E-state index in [0.717, 1.165) is 19.9 Å². The summed E-state index contributed by atoms with van der Waals surface area (Å²) in [5.74, 6) is -0.0817. The zero-order valence-electron chi connectivity index (χ0n) is 9.77. The Morgan fingerprint density at radius 3 is 2.84 bits per heavy atom. The van der Waals surface area contributed by atoms with Crippen molar-refractivity contribution in [2.75, 3.05) is 4.90 Å². The highest BCUT2D eigenvalue weighted by Gasteiger charge is 2.34. The molecule has 2 N–H and O–H groups in total. The van der Waals surface area contributed by atoms with Crippen LogP contribution in [0.2, 0.25) is 5.02 Å². The molecule has 6 heteroatoms. The maximum absolute atomic E-state index is 12.2. The van der Waals surface area contributed by atoms with Crippen LogP contribution in [0, 0.1) is 0 Å². The lowest BCUT2D eigenvalue weighted by atomic mass is 10.1. The first-order valence-electron chi connectivity index (χ1n) is 5.67. The van der Waals surface area contributed by atoms with Gasteiger partial charge in [-0.2, -0.15) is 0 Å². The van der Waals surface area contributed by atoms with Crippen LogP contribution in [0.5, 0.6) is 0 Å². The molecule has 98 valence electrons. The zero-order valence-corrected chi connectivity index (χ0v) is 12.9. The van der Waals surface area contributed by atoms with E-state index >= 15 is 0 Å². The van der Waals surface area contributed by atoms with Crippen LogP contribution in [0.15, 0.2) is 34.1 Å². The number of halogens is 2. The second kappa shape index (κ2) is 4.90. The summed E-state index contributed by atoms with van der Waals surface area (Å²) >= 11 is 11.0. The van der Waals surface area contributed by atoms with Crippen LogP contribution in [0.1, 0.15) is 16.5 Å². The Labute approximate surface area is 128 Å². The van der Waals surface area contributed by atoms with Crippen molar-refractivity contribution < 1.29 is 4.79 Å². The minimum Gasteiger partial charge on any atom is -0.316 e. The summed E-state index contributed by atoms with van der Waals surface area (Å²) in [6, 6.07) is 8.76. The normalized spacial score (nSPS) is 17.9. The Morgan fingerprint density at radius 2 is 2.16 bits per heavy atom. The van der Waals surface area contributed by atoms with E-state index in [1.807, 2.05) is 18.2 Å². The molecule has 0 radical (unpaired) electrons. The van der Waals surface area contributed by atoms with Gasteiger partial charge in [0.05, 0.1) is 10.3 Å². The smallest absolute Gasteiger partial charge is 0.248 e. The Bertz CT molecular complexity index is 658. The molecule has 0 fully saturated rings. The first kappa shape index (κ1) is 13.1. The summed E-state index contributed by atoms with van der Waals surface area (Å²) in [6.45, 7) is 0.539. The van der Waals surface area contributed by atoms with E-state index in [-0.39, 0.29) is 5.91 Å². The van der Waals surface area contributed by atoms with Crippen LogP contribution in [-0.4, -0.2) is 5.91 Å². The van der Waals surface area contributed by atoms with Gasteiger partial charge in [0, 0.05) is 21.2 Å². The summed E-state index contributed by atoms with van der Waals surface area (Å²) in [7, 11) is 0. The SMILES string of the molecule is NC1C(=O)N(Cc2ccc(Br)s2)c2ccc(Cl)cc21. The number of nitrogens with zero attached hydrogens (tertiary/aromatic N) is 1. The van der Waals surface area contributed by atoms with Crippen LogP contribution in [0.25, 0.3) is 0 Å². The number of rotatable bonds is 2. The lowest BCUT2D eigenvalue weighted by molar-refractivity contribution is -0.119. The number of hydrogen-bond acceptors (Lipinski definition) is 3. The largest absolute Gasteiger partial charge is 0.316 e. The zero-order chi connectivity index (χ0) is 13.6. The second-order valence-electron chi connectivity index (χ2n) is 4.31. The minimum absolute atomic E-state index is 0.0817. The van der Waals surface area contributed by atoms with E-state index in [4.69, 9.17) is 17.3 Å². The molecule has 1 unspecified atom stereocenters. The van der Waals surface area contributed by atoms with Gasteiger partial charge >= 0.3 is 0 Å². The summed E-state index contributed by atoms with van der Waals surface area (Å²) in [5.41, 5.74) is 7.60. The van der Waals surface area contributed by atoms with Crippen molar-refractivity contribution in [3.63, 3.8) is 0 Å². The Balaban J connectivity index is 1.97. The summed E-state index contributed by atoms with van der Waals surface area (Å²) < 4.78 is 1.05. The van der Waals surface area contributed by atoms with Crippen molar-refractivity contribution in [3.05, 3.63) is 49.6 Å². The second-order valence-corrected chi connectivity index (χ2v) is 7.30. The summed E-state index contributed by atoms with van der Waals surface area (Å²) in [5, 5.41) is 0.600. The van der Waals surface area contributed by atoms with Crippen LogP contribution in [0.3, 0.4) is 0 Å². The van der Waals surface area contributed by atoms with E-state index in [2.05, 4.69) is 15.9 Å². The highest BCUT2D eigenvalue weighted by molar-refractivity contribution is 9.11. The third-order valence-electron chi connectivity index (χ3n) is 3.09. The number of carbonyl (C=O) groups excluding carboxylic acids is 1. The average Bonchev–Trinajstić information content (AvgIpc) is 2.88. The van der Waals surface area contributed by atoms with Gasteiger partial charge in [-0.15, -0.1) is 11.3 Å². The average molecular weight is 358 g/mol. The number of hydrogen-bond donors (Lipinski definition) is 1. The van der Waals surface area contributed by atoms with Gasteiger partial charge in [0.25, 0.3) is 0 Å². The molecule has 0 saturated heterocycles. The van der Waals surface area contributed by atoms with Crippen molar-refractivity contribution in [2.45, 2.75) is 12.6 Å². The predicted molar refractivity (Wildman–Crippen MR) is 81.6 cm³/mol. The topological polar surface area (TPSA) is 46.3 Å². The van der Waals surface area contributed by atoms with Gasteiger partial charge in [0.1, 0.15) is 6.04 Å². The van der Waals surface area contributed by atoms with E-state index < -0.39 is 6.04 Å². The van der Waals surface area contributed by atoms with Gasteiger partial charge in [-0.1, -0.05) is 11.6 Å². The van der Waals surface area contributed by atoms with Crippen LogP contribution < -0.4 is 10.6 Å². The molecule has 0 spiro atoms. The van der Waals surface area contributed by atoms with Gasteiger partial charge < -0.3 is 10.6 Å². The third kappa shape index (κ3) is 2.31. The summed E-state index contributed by atoms with van der Waals surface area (Å²) in [4.78, 5) is 15.1. The van der Waals surface area contributed by atoms with Crippen molar-refractivity contribution in [1.82, 2.24) is 0 Å². The molecule has 1 aromatic carbocycles. The van der Waals surface area contributed by atoms with Crippen molar-refractivity contribution in [2.24, 2.45) is 5.73 Å². The maximum atomic E-state index is 12.2. The van der Waals surface area contributed by atoms with Gasteiger partial charge in [-0.25, -0.2) is 0 Å². The highest BCUT2D eigenvalue weighted by Crippen LogP contribution is 2.38. The molecule has 0 aliphatic carbocycles. The van der Waals surface area contributed by atoms with Crippen LogP contribution in [-0.2, 0) is 11.3 Å². The van der Waals surface area contributed by atoms with Gasteiger partial charge in [-0.05, 0) is 46.3 Å². The van der Waals surface area contributed by atoms with Crippen molar-refractivity contribution >= 4 is 50.5 Å². The van der Waals surface area contributed by atoms with E-state index in [1.54, 1.807) is 28.4 Å². The van der Waals surface area contributed by atoms with Crippen molar-refractivity contribution in [1.29, 1.82) is 0 Å². The Kier molecular flexibility index (Phi) is 3.39. The molecule has 1 aliphatic rings. The number of amides is 1. The molecule has 2 heterocycles. The van der Waals surface area contributed by atoms with Gasteiger partial charge in [0.2, 0.25) is 5.91 Å². The molecule has 3 nitrogen and oxygen atoms in total. The van der Waals surface area contributed by atoms with Gasteiger partial charge in [0.15, 0.2) is 0 Å². The first-order chi connectivity index (χ1) is 9.06. The van der Waals surface area contributed by atoms with E-state index in [0.29, 0.717) is 11.6 Å². The molecular formula is C13H10BrClN2OS. The van der Waals surface area contributed by atoms with Crippen molar-refractivity contribution in [3.8, 4) is 0 Å². The molecule has 1 aliphatic heterocycles. The Hall–Kier alpha value is -0.880. The molecule has 1 atom stereocenters. The molecule has 0 saturated carbocycles. The molecule has 1 amide bonds. The van der Waals surface area contributed by atoms with Crippen LogP contribution in [0.4, 0.5) is 5.69 Å². The number of thiophene rings is 1. The highest BCUT2D eigenvalue weighted by atomic mass is 79.9. The fourth-order valence-electron chi connectivity index (χ4n) is 2.20. The molecule has 2 aromatic rings. The lowest BCUT2D eigenvalue weighted by Gasteiger charge is -2.16. The quantitative estimate of drug-likeness (QED) is 0.890. The monoisotopic (exact) mass is 356 g/mol. The molecule has 3 rings (SSSR count). The standard InChI is InChI=1S/C13H10BrClN2OS/c14-11-4-2-8(19-11)6-17-10-3-1-7(15)5-9(10)12(16)13(17)18/h1-5,12H,6,16H2. The minimum atomic E-state index is -0.614. The van der Waals surface area contributed by atoms with E-state index in [9.17, 15) is 4.79 Å². The number of anilines is 1. The summed E-state index contributed by atoms with van der Waals surface area (Å²) in [6.07, 6.45) is 0. The first-order valence-corrected chi connectivity index (χ1v) is 7.65. The van der Waals surface area contributed by atoms with Crippen LogP contribution >= 0.6 is 38.9 Å². The fourth-order valence-corrected chi connectivity index (χ4v) is 3.85. The molecule has 19 heavy (non-hydrogen) atoms. The number of fused-ring (bicyclic) bond motifs is 1.